The minimum atomic E-state index is -0.977. The molecular weight excluding hydrogens is 322 g/mol. The second-order valence-electron chi connectivity index (χ2n) is 6.07. The van der Waals surface area contributed by atoms with E-state index in [-0.39, 0.29) is 5.56 Å². The van der Waals surface area contributed by atoms with E-state index < -0.39 is 10.8 Å². The lowest BCUT2D eigenvalue weighted by molar-refractivity contribution is 0.264. The number of benzene rings is 1. The summed E-state index contributed by atoms with van der Waals surface area (Å²) in [4.78, 5) is 15.2. The summed E-state index contributed by atoms with van der Waals surface area (Å²) >= 11 is 0. The molecule has 24 heavy (non-hydrogen) atoms. The smallest absolute Gasteiger partial charge is 0.267 e. The number of hydrogen-bond acceptors (Lipinski definition) is 4. The van der Waals surface area contributed by atoms with Crippen molar-refractivity contribution in [1.29, 1.82) is 0 Å². The first kappa shape index (κ1) is 17.0. The van der Waals surface area contributed by atoms with Gasteiger partial charge in [-0.1, -0.05) is 25.1 Å². The highest BCUT2D eigenvalue weighted by molar-refractivity contribution is 7.85. The van der Waals surface area contributed by atoms with Crippen molar-refractivity contribution in [3.8, 4) is 0 Å². The van der Waals surface area contributed by atoms with Gasteiger partial charge >= 0.3 is 0 Å². The third kappa shape index (κ3) is 3.99. The number of hydrogen-bond donors (Lipinski definition) is 0. The summed E-state index contributed by atoms with van der Waals surface area (Å²) in [6.45, 7) is 5.10. The number of aryl methyl sites for hydroxylation is 1. The molecule has 0 unspecified atom stereocenters. The van der Waals surface area contributed by atoms with E-state index >= 15 is 0 Å². The van der Waals surface area contributed by atoms with Crippen molar-refractivity contribution in [2.45, 2.75) is 37.8 Å². The summed E-state index contributed by atoms with van der Waals surface area (Å²) in [6.07, 6.45) is 1.75. The number of aromatic nitrogens is 2. The van der Waals surface area contributed by atoms with Crippen LogP contribution in [0.25, 0.3) is 0 Å². The molecule has 3 rings (SSSR count). The molecule has 1 aromatic heterocycles. The fourth-order valence-corrected chi connectivity index (χ4v) is 4.08. The molecule has 0 bridgehead atoms. The van der Waals surface area contributed by atoms with E-state index in [0.717, 1.165) is 48.6 Å². The Morgan fingerprint density at radius 2 is 2.00 bits per heavy atom. The van der Waals surface area contributed by atoms with Gasteiger partial charge in [0.15, 0.2) is 0 Å². The molecule has 0 fully saturated rings. The summed E-state index contributed by atoms with van der Waals surface area (Å²) in [5.74, 6) is 0.611. The summed E-state index contributed by atoms with van der Waals surface area (Å²) in [5.41, 5.74) is 2.03. The molecule has 1 aliphatic rings. The topological polar surface area (TPSA) is 55.2 Å². The number of rotatable bonds is 6. The zero-order valence-electron chi connectivity index (χ0n) is 14.0. The summed E-state index contributed by atoms with van der Waals surface area (Å²) < 4.78 is 13.9. The van der Waals surface area contributed by atoms with E-state index in [2.05, 4.69) is 10.00 Å². The highest BCUT2D eigenvalue weighted by Crippen LogP contribution is 2.15. The maximum atomic E-state index is 12.3. The quantitative estimate of drug-likeness (QED) is 0.801. The fraction of sp³-hybridized carbons (Fsp3) is 0.444. The molecule has 128 valence electrons. The van der Waals surface area contributed by atoms with Crippen LogP contribution in [0.3, 0.4) is 0 Å². The van der Waals surface area contributed by atoms with Crippen molar-refractivity contribution >= 4 is 10.8 Å². The van der Waals surface area contributed by atoms with Crippen LogP contribution in [0.2, 0.25) is 0 Å². The molecule has 5 nitrogen and oxygen atoms in total. The van der Waals surface area contributed by atoms with E-state index in [1.807, 2.05) is 37.3 Å². The van der Waals surface area contributed by atoms with Crippen LogP contribution in [0.5, 0.6) is 0 Å². The average Bonchev–Trinajstić information content (AvgIpc) is 2.61. The molecule has 0 N–H and O–H groups in total. The van der Waals surface area contributed by atoms with Crippen molar-refractivity contribution in [3.05, 3.63) is 58.0 Å². The molecule has 1 aliphatic heterocycles. The fourth-order valence-electron chi connectivity index (χ4n) is 2.96. The van der Waals surface area contributed by atoms with Crippen molar-refractivity contribution in [2.24, 2.45) is 0 Å². The monoisotopic (exact) mass is 345 g/mol. The first-order valence-corrected chi connectivity index (χ1v) is 9.75. The summed E-state index contributed by atoms with van der Waals surface area (Å²) in [6, 6.07) is 11.3. The van der Waals surface area contributed by atoms with Crippen LogP contribution in [0.1, 0.15) is 24.6 Å². The molecule has 2 aromatic rings. The number of nitrogens with zero attached hydrogens (tertiary/aromatic N) is 3. The van der Waals surface area contributed by atoms with Gasteiger partial charge in [-0.15, -0.1) is 0 Å². The zero-order valence-corrected chi connectivity index (χ0v) is 14.8. The third-order valence-corrected chi connectivity index (χ3v) is 5.61. The normalized spacial score (nSPS) is 15.9. The van der Waals surface area contributed by atoms with Crippen molar-refractivity contribution in [2.75, 3.05) is 18.8 Å². The molecular formula is C18H23N3O2S. The van der Waals surface area contributed by atoms with E-state index in [1.54, 1.807) is 10.7 Å². The lowest BCUT2D eigenvalue weighted by Gasteiger charge is -2.28. The molecule has 0 spiro atoms. The SMILES string of the molecule is CCCn1nc2c(cc1=O)CN(CC[S@@](=O)c1ccccc1)CC2. The average molecular weight is 345 g/mol. The molecule has 6 heteroatoms. The highest BCUT2D eigenvalue weighted by atomic mass is 32.2. The molecule has 0 saturated carbocycles. The van der Waals surface area contributed by atoms with Gasteiger partial charge in [-0.05, 0) is 24.1 Å². The van der Waals surface area contributed by atoms with E-state index in [1.165, 1.54) is 0 Å². The van der Waals surface area contributed by atoms with Crippen LogP contribution in [-0.2, 0) is 30.3 Å². The zero-order chi connectivity index (χ0) is 16.9. The number of fused-ring (bicyclic) bond motifs is 1. The Morgan fingerprint density at radius 1 is 1.21 bits per heavy atom. The molecule has 1 atom stereocenters. The maximum Gasteiger partial charge on any atom is 0.267 e. The Kier molecular flexibility index (Phi) is 5.58. The Labute approximate surface area is 144 Å². The Hall–Kier alpha value is -1.79. The first-order valence-electron chi connectivity index (χ1n) is 8.43. The van der Waals surface area contributed by atoms with Crippen LogP contribution in [0, 0.1) is 0 Å². The van der Waals surface area contributed by atoms with Crippen LogP contribution >= 0.6 is 0 Å². The van der Waals surface area contributed by atoms with Gasteiger partial charge in [0.1, 0.15) is 0 Å². The lowest BCUT2D eigenvalue weighted by Crippen LogP contribution is -2.36. The van der Waals surface area contributed by atoms with E-state index in [0.29, 0.717) is 12.3 Å². The Balaban J connectivity index is 1.62. The molecule has 0 saturated heterocycles. The summed E-state index contributed by atoms with van der Waals surface area (Å²) in [5, 5.41) is 4.50. The second-order valence-corrected chi connectivity index (χ2v) is 7.64. The molecule has 2 heterocycles. The van der Waals surface area contributed by atoms with Gasteiger partial charge in [-0.25, -0.2) is 4.68 Å². The minimum Gasteiger partial charge on any atom is -0.298 e. The van der Waals surface area contributed by atoms with Crippen LogP contribution < -0.4 is 5.56 Å². The second kappa shape index (κ2) is 7.85. The summed E-state index contributed by atoms with van der Waals surface area (Å²) in [7, 11) is -0.977. The lowest BCUT2D eigenvalue weighted by atomic mass is 10.1. The van der Waals surface area contributed by atoms with Crippen molar-refractivity contribution in [1.82, 2.24) is 14.7 Å². The van der Waals surface area contributed by atoms with Crippen LogP contribution in [0.15, 0.2) is 46.1 Å². The van der Waals surface area contributed by atoms with Gasteiger partial charge in [0, 0.05) is 49.3 Å². The van der Waals surface area contributed by atoms with Crippen LogP contribution in [-0.4, -0.2) is 37.7 Å². The van der Waals surface area contributed by atoms with Gasteiger partial charge in [-0.2, -0.15) is 5.10 Å². The maximum absolute atomic E-state index is 12.3. The van der Waals surface area contributed by atoms with Gasteiger partial charge in [0.05, 0.1) is 16.5 Å². The molecule has 0 aliphatic carbocycles. The van der Waals surface area contributed by atoms with E-state index in [9.17, 15) is 9.00 Å². The molecule has 0 amide bonds. The van der Waals surface area contributed by atoms with Gasteiger partial charge in [-0.3, -0.25) is 13.9 Å². The van der Waals surface area contributed by atoms with Gasteiger partial charge in [0.2, 0.25) is 0 Å². The molecule has 1 aromatic carbocycles. The van der Waals surface area contributed by atoms with Crippen molar-refractivity contribution in [3.63, 3.8) is 0 Å². The van der Waals surface area contributed by atoms with Gasteiger partial charge in [0.25, 0.3) is 5.56 Å². The Bertz CT molecular complexity index is 774. The highest BCUT2D eigenvalue weighted by Gasteiger charge is 2.19. The molecule has 0 radical (unpaired) electrons. The first-order chi connectivity index (χ1) is 11.7. The van der Waals surface area contributed by atoms with Gasteiger partial charge < -0.3 is 0 Å². The Morgan fingerprint density at radius 3 is 2.75 bits per heavy atom. The van der Waals surface area contributed by atoms with Crippen LogP contribution in [0.4, 0.5) is 0 Å². The third-order valence-electron chi connectivity index (χ3n) is 4.26. The van der Waals surface area contributed by atoms with Crippen molar-refractivity contribution < 1.29 is 4.21 Å². The minimum absolute atomic E-state index is 0.0229. The standard InChI is InChI=1S/C18H23N3O2S/c1-2-9-21-18(22)13-15-14-20(10-8-17(15)19-21)11-12-24(23)16-6-4-3-5-7-16/h3-7,13H,2,8-12,14H2,1H3/t24-/m1/s1. The predicted molar refractivity (Wildman–Crippen MR) is 95.5 cm³/mol. The largest absolute Gasteiger partial charge is 0.298 e. The van der Waals surface area contributed by atoms with E-state index in [4.69, 9.17) is 0 Å². The predicted octanol–water partition coefficient (Wildman–Crippen LogP) is 1.82.